The summed E-state index contributed by atoms with van der Waals surface area (Å²) in [5.74, 6) is -0.915. The van der Waals surface area contributed by atoms with E-state index >= 15 is 0 Å². The van der Waals surface area contributed by atoms with Gasteiger partial charge in [-0.05, 0) is 24.6 Å². The fraction of sp³-hybridized carbons (Fsp3) is 0.263. The number of ether oxygens (including phenoxy) is 2. The molecule has 1 aliphatic heterocycles. The van der Waals surface area contributed by atoms with Crippen LogP contribution >= 0.6 is 0 Å². The molecule has 0 saturated carbocycles. The molecule has 1 heterocycles. The third-order valence-corrected chi connectivity index (χ3v) is 3.93. The molecular formula is C19H18F2N2O4. The Hall–Kier alpha value is -3.16. The molecule has 0 unspecified atom stereocenters. The Morgan fingerprint density at radius 1 is 1.07 bits per heavy atom. The summed E-state index contributed by atoms with van der Waals surface area (Å²) in [4.78, 5) is 23.9. The van der Waals surface area contributed by atoms with Crippen molar-refractivity contribution in [3.63, 3.8) is 0 Å². The van der Waals surface area contributed by atoms with Gasteiger partial charge in [0.1, 0.15) is 0 Å². The van der Waals surface area contributed by atoms with E-state index in [1.807, 2.05) is 31.2 Å². The lowest BCUT2D eigenvalue weighted by Gasteiger charge is -2.18. The first-order chi connectivity index (χ1) is 12.7. The van der Waals surface area contributed by atoms with Gasteiger partial charge in [-0.15, -0.1) is 8.78 Å². The molecule has 0 aliphatic carbocycles. The van der Waals surface area contributed by atoms with Gasteiger partial charge in [0.05, 0.1) is 12.5 Å². The molecule has 0 radical (unpaired) electrons. The van der Waals surface area contributed by atoms with Crippen LogP contribution in [0.2, 0.25) is 0 Å². The number of amides is 2. The van der Waals surface area contributed by atoms with E-state index in [9.17, 15) is 18.4 Å². The number of alkyl halides is 2. The summed E-state index contributed by atoms with van der Waals surface area (Å²) in [6.45, 7) is 3.31. The number of anilines is 1. The lowest BCUT2D eigenvalue weighted by atomic mass is 10.0. The maximum absolute atomic E-state index is 13.1. The van der Waals surface area contributed by atoms with E-state index in [-0.39, 0.29) is 35.4 Å². The molecule has 0 aromatic heterocycles. The molecule has 142 valence electrons. The van der Waals surface area contributed by atoms with Crippen molar-refractivity contribution in [1.29, 1.82) is 0 Å². The third-order valence-electron chi connectivity index (χ3n) is 3.93. The van der Waals surface area contributed by atoms with Gasteiger partial charge in [-0.2, -0.15) is 0 Å². The molecule has 27 heavy (non-hydrogen) atoms. The van der Waals surface area contributed by atoms with E-state index < -0.39 is 12.3 Å². The number of hydrogen-bond acceptors (Lipinski definition) is 4. The van der Waals surface area contributed by atoms with Gasteiger partial charge in [-0.1, -0.05) is 29.8 Å². The van der Waals surface area contributed by atoms with E-state index in [0.717, 1.165) is 11.1 Å². The summed E-state index contributed by atoms with van der Waals surface area (Å²) in [6.07, 6.45) is -3.74. The number of hydrogen-bond donors (Lipinski definition) is 2. The highest BCUT2D eigenvalue weighted by molar-refractivity contribution is 5.92. The highest BCUT2D eigenvalue weighted by atomic mass is 19.3. The molecule has 2 N–H and O–H groups in total. The molecule has 0 bridgehead atoms. The second kappa shape index (κ2) is 7.22. The predicted molar refractivity (Wildman–Crippen MR) is 93.6 cm³/mol. The highest BCUT2D eigenvalue weighted by Crippen LogP contribution is 2.42. The second-order valence-electron chi connectivity index (χ2n) is 6.25. The normalized spacial score (nSPS) is 15.1. The van der Waals surface area contributed by atoms with Gasteiger partial charge < -0.3 is 20.1 Å². The fourth-order valence-corrected chi connectivity index (χ4v) is 2.72. The summed E-state index contributed by atoms with van der Waals surface area (Å²) >= 11 is 0. The van der Waals surface area contributed by atoms with E-state index in [0.29, 0.717) is 0 Å². The van der Waals surface area contributed by atoms with Gasteiger partial charge in [-0.25, -0.2) is 0 Å². The quantitative estimate of drug-likeness (QED) is 0.837. The summed E-state index contributed by atoms with van der Waals surface area (Å²) in [5.41, 5.74) is 2.13. The van der Waals surface area contributed by atoms with Crippen LogP contribution in [0.3, 0.4) is 0 Å². The summed E-state index contributed by atoms with van der Waals surface area (Å²) in [5, 5.41) is 5.35. The van der Waals surface area contributed by atoms with E-state index in [1.54, 1.807) is 0 Å². The number of fused-ring (bicyclic) bond motifs is 1. The number of benzene rings is 2. The molecule has 2 aromatic rings. The second-order valence-corrected chi connectivity index (χ2v) is 6.25. The maximum Gasteiger partial charge on any atom is 0.586 e. The average Bonchev–Trinajstić information content (AvgIpc) is 2.87. The van der Waals surface area contributed by atoms with Crippen LogP contribution < -0.4 is 20.1 Å². The molecule has 0 spiro atoms. The van der Waals surface area contributed by atoms with Gasteiger partial charge in [0.25, 0.3) is 0 Å². The number of carbonyl (C=O) groups is 2. The topological polar surface area (TPSA) is 76.7 Å². The van der Waals surface area contributed by atoms with E-state index in [4.69, 9.17) is 0 Å². The first kappa shape index (κ1) is 18.6. The molecule has 3 rings (SSSR count). The van der Waals surface area contributed by atoms with Crippen molar-refractivity contribution in [3.05, 3.63) is 53.6 Å². The van der Waals surface area contributed by atoms with Crippen molar-refractivity contribution in [2.45, 2.75) is 32.6 Å². The molecular weight excluding hydrogens is 358 g/mol. The Morgan fingerprint density at radius 2 is 1.74 bits per heavy atom. The van der Waals surface area contributed by atoms with Crippen LogP contribution in [0.25, 0.3) is 0 Å². The van der Waals surface area contributed by atoms with Crippen LogP contribution in [-0.2, 0) is 9.59 Å². The number of halogens is 2. The summed E-state index contributed by atoms with van der Waals surface area (Å²) in [6, 6.07) is 10.9. The van der Waals surface area contributed by atoms with Crippen LogP contribution in [0.15, 0.2) is 42.5 Å². The van der Waals surface area contributed by atoms with Gasteiger partial charge in [0.15, 0.2) is 11.5 Å². The van der Waals surface area contributed by atoms with Crippen LogP contribution in [0.5, 0.6) is 11.5 Å². The number of rotatable bonds is 5. The van der Waals surface area contributed by atoms with Gasteiger partial charge in [0, 0.05) is 18.7 Å². The molecule has 0 fully saturated rings. The first-order valence-corrected chi connectivity index (χ1v) is 8.25. The Bertz CT molecular complexity index is 869. The maximum atomic E-state index is 13.1. The van der Waals surface area contributed by atoms with Gasteiger partial charge in [0.2, 0.25) is 11.8 Å². The van der Waals surface area contributed by atoms with Crippen LogP contribution in [0, 0.1) is 6.92 Å². The zero-order valence-electron chi connectivity index (χ0n) is 14.7. The van der Waals surface area contributed by atoms with Crippen LogP contribution in [0.4, 0.5) is 14.5 Å². The molecule has 0 saturated heterocycles. The lowest BCUT2D eigenvalue weighted by molar-refractivity contribution is -0.286. The van der Waals surface area contributed by atoms with Crippen molar-refractivity contribution in [3.8, 4) is 11.5 Å². The van der Waals surface area contributed by atoms with Crippen molar-refractivity contribution in [2.75, 3.05) is 5.32 Å². The zero-order chi connectivity index (χ0) is 19.6. The molecule has 1 aliphatic rings. The minimum absolute atomic E-state index is 0.0206. The molecule has 8 heteroatoms. The Morgan fingerprint density at radius 3 is 2.41 bits per heavy atom. The monoisotopic (exact) mass is 376 g/mol. The van der Waals surface area contributed by atoms with Crippen molar-refractivity contribution >= 4 is 17.5 Å². The van der Waals surface area contributed by atoms with Crippen molar-refractivity contribution in [2.24, 2.45) is 0 Å². The Balaban J connectivity index is 1.69. The number of aryl methyl sites for hydroxylation is 1. The molecule has 6 nitrogen and oxygen atoms in total. The highest BCUT2D eigenvalue weighted by Gasteiger charge is 2.43. The SMILES string of the molecule is CC(=O)N[C@@H](CC(=O)Nc1ccc2c(c1)OC(F)(F)O2)c1ccc(C)cc1. The number of nitrogens with one attached hydrogen (secondary N) is 2. The summed E-state index contributed by atoms with van der Waals surface area (Å²) in [7, 11) is 0. The minimum Gasteiger partial charge on any atom is -0.395 e. The van der Waals surface area contributed by atoms with Crippen molar-refractivity contribution in [1.82, 2.24) is 5.32 Å². The Labute approximate surface area is 154 Å². The Kier molecular flexibility index (Phi) is 4.98. The summed E-state index contributed by atoms with van der Waals surface area (Å²) < 4.78 is 34.8. The van der Waals surface area contributed by atoms with Crippen molar-refractivity contribution < 1.29 is 27.8 Å². The molecule has 2 amide bonds. The smallest absolute Gasteiger partial charge is 0.395 e. The number of carbonyl (C=O) groups excluding carboxylic acids is 2. The van der Waals surface area contributed by atoms with E-state index in [2.05, 4.69) is 20.1 Å². The standard InChI is InChI=1S/C19H18F2N2O4/c1-11-3-5-13(6-4-11)15(22-12(2)24)10-18(25)23-14-7-8-16-17(9-14)27-19(20,21)26-16/h3-9,15H,10H2,1-2H3,(H,22,24)(H,23,25)/t15-/m0/s1. The largest absolute Gasteiger partial charge is 0.586 e. The average molecular weight is 376 g/mol. The zero-order valence-corrected chi connectivity index (χ0v) is 14.7. The van der Waals surface area contributed by atoms with Crippen LogP contribution in [0.1, 0.15) is 30.5 Å². The van der Waals surface area contributed by atoms with Gasteiger partial charge >= 0.3 is 6.29 Å². The fourth-order valence-electron chi connectivity index (χ4n) is 2.72. The molecule has 1 atom stereocenters. The minimum atomic E-state index is -3.72. The molecule has 2 aromatic carbocycles. The van der Waals surface area contributed by atoms with Gasteiger partial charge in [-0.3, -0.25) is 9.59 Å². The lowest BCUT2D eigenvalue weighted by Crippen LogP contribution is -2.29. The van der Waals surface area contributed by atoms with Crippen LogP contribution in [-0.4, -0.2) is 18.1 Å². The predicted octanol–water partition coefficient (Wildman–Crippen LogP) is 3.52. The third kappa shape index (κ3) is 4.72. The van der Waals surface area contributed by atoms with E-state index in [1.165, 1.54) is 25.1 Å². The first-order valence-electron chi connectivity index (χ1n) is 8.25.